The van der Waals surface area contributed by atoms with Crippen LogP contribution in [0.15, 0.2) is 64.4 Å². The second-order valence-electron chi connectivity index (χ2n) is 6.86. The number of fused-ring (bicyclic) bond motifs is 1. The summed E-state index contributed by atoms with van der Waals surface area (Å²) in [7, 11) is -4.09. The first-order valence-electron chi connectivity index (χ1n) is 9.37. The molecule has 0 fully saturated rings. The zero-order valence-corrected chi connectivity index (χ0v) is 18.2. The lowest BCUT2D eigenvalue weighted by Gasteiger charge is -2.21. The number of para-hydroxylation sites is 1. The molecule has 0 aliphatic carbocycles. The van der Waals surface area contributed by atoms with Crippen molar-refractivity contribution in [1.29, 1.82) is 0 Å². The fourth-order valence-electron chi connectivity index (χ4n) is 2.89. The van der Waals surface area contributed by atoms with Crippen LogP contribution in [0.4, 0.5) is 21.5 Å². The van der Waals surface area contributed by atoms with E-state index in [2.05, 4.69) is 27.5 Å². The van der Waals surface area contributed by atoms with E-state index in [0.717, 1.165) is 11.0 Å². The molecule has 1 atom stereocenters. The first kappa shape index (κ1) is 21.7. The Bertz CT molecular complexity index is 1310. The van der Waals surface area contributed by atoms with Crippen LogP contribution in [0.25, 0.3) is 0 Å². The molecule has 7 nitrogen and oxygen atoms in total. The summed E-state index contributed by atoms with van der Waals surface area (Å²) < 4.78 is 40.8. The highest BCUT2D eigenvalue weighted by Crippen LogP contribution is 2.36. The number of carbonyl (C=O) groups is 2. The van der Waals surface area contributed by atoms with Crippen molar-refractivity contribution in [2.24, 2.45) is 0 Å². The Labute approximate surface area is 188 Å². The van der Waals surface area contributed by atoms with Gasteiger partial charge in [-0.1, -0.05) is 12.1 Å². The Morgan fingerprint density at radius 3 is 2.62 bits per heavy atom. The summed E-state index contributed by atoms with van der Waals surface area (Å²) in [5, 5.41) is 5.15. The smallest absolute Gasteiger partial charge is 0.270 e. The van der Waals surface area contributed by atoms with Crippen LogP contribution in [0, 0.1) is 17.9 Å². The van der Waals surface area contributed by atoms with Crippen molar-refractivity contribution in [1.82, 2.24) is 0 Å². The number of nitrogens with one attached hydrogen (secondary N) is 3. The molecule has 0 spiro atoms. The van der Waals surface area contributed by atoms with Gasteiger partial charge in [-0.3, -0.25) is 14.3 Å². The summed E-state index contributed by atoms with van der Waals surface area (Å²) >= 11 is 1.41. The van der Waals surface area contributed by atoms with Crippen LogP contribution in [0.1, 0.15) is 17.3 Å². The van der Waals surface area contributed by atoms with Gasteiger partial charge in [0.1, 0.15) is 10.7 Å². The maximum atomic E-state index is 13.7. The lowest BCUT2D eigenvalue weighted by atomic mass is 10.1. The number of hydrogen-bond acceptors (Lipinski definition) is 5. The Morgan fingerprint density at radius 2 is 1.91 bits per heavy atom. The molecule has 0 radical (unpaired) electrons. The SMILES string of the molecule is CC1Sc2ccc(C(=O)Nc3c#cc(S(=O)(=O)Nc4ccccc4F)cc3)cc2NC1=O. The number of sulfonamides is 1. The Morgan fingerprint density at radius 1 is 1.12 bits per heavy atom. The van der Waals surface area contributed by atoms with Gasteiger partial charge in [0.15, 0.2) is 0 Å². The summed E-state index contributed by atoms with van der Waals surface area (Å²) in [5.41, 5.74) is 0.877. The minimum Gasteiger partial charge on any atom is -0.324 e. The highest BCUT2D eigenvalue weighted by Gasteiger charge is 2.24. The third-order valence-corrected chi connectivity index (χ3v) is 7.03. The summed E-state index contributed by atoms with van der Waals surface area (Å²) in [5.74, 6) is -1.31. The minimum absolute atomic E-state index is 0.135. The van der Waals surface area contributed by atoms with Crippen LogP contribution in [-0.2, 0) is 14.8 Å². The summed E-state index contributed by atoms with van der Waals surface area (Å²) in [6.07, 6.45) is 0. The molecule has 4 rings (SSSR count). The van der Waals surface area contributed by atoms with E-state index in [9.17, 15) is 22.4 Å². The normalized spacial score (nSPS) is 15.2. The van der Waals surface area contributed by atoms with Gasteiger partial charge in [-0.25, -0.2) is 12.8 Å². The van der Waals surface area contributed by atoms with Gasteiger partial charge in [-0.2, -0.15) is 0 Å². The van der Waals surface area contributed by atoms with Crippen molar-refractivity contribution in [2.45, 2.75) is 22.0 Å². The van der Waals surface area contributed by atoms with Crippen molar-refractivity contribution >= 4 is 50.7 Å². The van der Waals surface area contributed by atoms with E-state index in [-0.39, 0.29) is 27.4 Å². The van der Waals surface area contributed by atoms with E-state index < -0.39 is 21.7 Å². The van der Waals surface area contributed by atoms with E-state index in [1.54, 1.807) is 25.1 Å². The van der Waals surface area contributed by atoms with Gasteiger partial charge in [0.25, 0.3) is 15.9 Å². The van der Waals surface area contributed by atoms with Gasteiger partial charge in [0, 0.05) is 10.5 Å². The molecule has 162 valence electrons. The van der Waals surface area contributed by atoms with Crippen molar-refractivity contribution in [3.8, 4) is 0 Å². The predicted octanol–water partition coefficient (Wildman–Crippen LogP) is 3.91. The Balaban J connectivity index is 1.47. The molecular weight excluding hydrogens is 453 g/mol. The molecule has 1 aliphatic heterocycles. The van der Waals surface area contributed by atoms with Gasteiger partial charge in [0.2, 0.25) is 5.91 Å². The van der Waals surface area contributed by atoms with Crippen LogP contribution < -0.4 is 15.4 Å². The number of amides is 2. The van der Waals surface area contributed by atoms with Gasteiger partial charge < -0.3 is 10.6 Å². The number of halogens is 1. The monoisotopic (exact) mass is 469 g/mol. The van der Waals surface area contributed by atoms with Crippen LogP contribution in [0.5, 0.6) is 0 Å². The minimum atomic E-state index is -4.09. The van der Waals surface area contributed by atoms with Gasteiger partial charge in [-0.05, 0) is 61.5 Å². The molecule has 1 unspecified atom stereocenters. The molecule has 1 aliphatic rings. The molecule has 3 aromatic carbocycles. The average Bonchev–Trinajstić information content (AvgIpc) is 2.76. The van der Waals surface area contributed by atoms with E-state index in [1.165, 1.54) is 42.1 Å². The van der Waals surface area contributed by atoms with Crippen LogP contribution in [0.3, 0.4) is 0 Å². The summed E-state index contributed by atoms with van der Waals surface area (Å²) in [6.45, 7) is 1.80. The number of anilines is 3. The van der Waals surface area contributed by atoms with Crippen LogP contribution in [-0.4, -0.2) is 25.5 Å². The molecule has 2 amide bonds. The Kier molecular flexibility index (Phi) is 5.78. The van der Waals surface area contributed by atoms with E-state index in [1.807, 2.05) is 0 Å². The molecule has 3 N–H and O–H groups in total. The van der Waals surface area contributed by atoms with Crippen LogP contribution >= 0.6 is 11.8 Å². The number of rotatable bonds is 5. The molecule has 32 heavy (non-hydrogen) atoms. The van der Waals surface area contributed by atoms with Crippen molar-refractivity contribution in [3.05, 3.63) is 78.1 Å². The third-order valence-electron chi connectivity index (χ3n) is 4.55. The number of benzene rings is 2. The van der Waals surface area contributed by atoms with Crippen molar-refractivity contribution in [3.63, 3.8) is 0 Å². The molecule has 0 saturated carbocycles. The first-order chi connectivity index (χ1) is 15.2. The quantitative estimate of drug-likeness (QED) is 0.526. The van der Waals surface area contributed by atoms with Gasteiger partial charge in [0.05, 0.1) is 22.3 Å². The average molecular weight is 470 g/mol. The second-order valence-corrected chi connectivity index (χ2v) is 9.89. The highest BCUT2D eigenvalue weighted by molar-refractivity contribution is 8.01. The number of hydrogen-bond donors (Lipinski definition) is 3. The second kappa shape index (κ2) is 8.53. The first-order valence-corrected chi connectivity index (χ1v) is 11.7. The molecule has 1 heterocycles. The maximum Gasteiger partial charge on any atom is 0.270 e. The molecule has 0 bridgehead atoms. The van der Waals surface area contributed by atoms with Crippen LogP contribution in [0.2, 0.25) is 0 Å². The lowest BCUT2D eigenvalue weighted by molar-refractivity contribution is -0.115. The van der Waals surface area contributed by atoms with Crippen molar-refractivity contribution < 1.29 is 22.4 Å². The fraction of sp³-hybridized carbons (Fsp3) is 0.0909. The zero-order valence-electron chi connectivity index (χ0n) is 16.6. The van der Waals surface area contributed by atoms with Gasteiger partial charge in [-0.15, -0.1) is 11.8 Å². The standard InChI is InChI=1S/C22H16FN3O4S2/c1-13-21(27)25-19-12-14(6-11-20(19)31-13)22(28)24-15-7-9-16(10-8-15)32(29,30)26-18-5-3-2-4-17(18)23/h2-7,9,11-13,26H,1H3,(H,24,28)(H,25,27). The molecule has 0 saturated heterocycles. The van der Waals surface area contributed by atoms with E-state index >= 15 is 0 Å². The Hall–Kier alpha value is -3.55. The molecular formula is C22H16FN3O4S2. The third kappa shape index (κ3) is 4.54. The summed E-state index contributed by atoms with van der Waals surface area (Å²) in [4.78, 5) is 25.0. The van der Waals surface area contributed by atoms with E-state index in [4.69, 9.17) is 0 Å². The maximum absolute atomic E-state index is 13.7. The topological polar surface area (TPSA) is 104 Å². The number of carbonyl (C=O) groups excluding carboxylic acids is 2. The van der Waals surface area contributed by atoms with E-state index in [0.29, 0.717) is 11.3 Å². The number of thioether (sulfide) groups is 1. The zero-order chi connectivity index (χ0) is 22.9. The summed E-state index contributed by atoms with van der Waals surface area (Å²) in [6, 6.07) is 17.9. The predicted molar refractivity (Wildman–Crippen MR) is 120 cm³/mol. The lowest BCUT2D eigenvalue weighted by Crippen LogP contribution is -2.26. The molecule has 10 heteroatoms. The fourth-order valence-corrected chi connectivity index (χ4v) is 4.82. The van der Waals surface area contributed by atoms with Gasteiger partial charge >= 0.3 is 0 Å². The highest BCUT2D eigenvalue weighted by atomic mass is 32.2. The molecule has 0 aromatic heterocycles. The molecule has 3 aromatic rings. The van der Waals surface area contributed by atoms with Crippen molar-refractivity contribution in [2.75, 3.05) is 15.4 Å². The largest absolute Gasteiger partial charge is 0.324 e.